The van der Waals surface area contributed by atoms with Gasteiger partial charge in [-0.15, -0.1) is 6.58 Å². The molecule has 5 fully saturated rings. The van der Waals surface area contributed by atoms with E-state index in [2.05, 4.69) is 28.0 Å². The highest BCUT2D eigenvalue weighted by Crippen LogP contribution is 2.46. The lowest BCUT2D eigenvalue weighted by molar-refractivity contribution is -0.142. The first-order valence-corrected chi connectivity index (χ1v) is 21.7. The number of amides is 4. The molecule has 0 unspecified atom stereocenters. The second-order valence-electron chi connectivity index (χ2n) is 16.5. The van der Waals surface area contributed by atoms with E-state index in [4.69, 9.17) is 9.47 Å². The molecule has 15 heteroatoms. The average molecular weight is 790 g/mol. The fraction of sp³-hybridized carbons (Fsp3) is 0.585. The summed E-state index contributed by atoms with van der Waals surface area (Å²) in [4.78, 5) is 71.8. The summed E-state index contributed by atoms with van der Waals surface area (Å²) in [7, 11) is -3.91. The molecular weight excluding hydrogens is 739 g/mol. The highest BCUT2D eigenvalue weighted by molar-refractivity contribution is 7.91. The Morgan fingerprint density at radius 1 is 0.964 bits per heavy atom. The summed E-state index contributed by atoms with van der Waals surface area (Å²) in [5.41, 5.74) is -1.77. The van der Waals surface area contributed by atoms with Crippen LogP contribution in [0.5, 0.6) is 5.88 Å². The number of rotatable bonds is 7. The van der Waals surface area contributed by atoms with Crippen LogP contribution in [0.25, 0.3) is 10.8 Å². The predicted molar refractivity (Wildman–Crippen MR) is 207 cm³/mol. The van der Waals surface area contributed by atoms with Gasteiger partial charge in [-0.25, -0.2) is 13.2 Å². The SMILES string of the molecule is C=C[C@@H]1C[C@]1(NC(=O)[C@@H]1C[C@@H]2CN1C(=O)[C@H](C1CCCC1)NC(=O)O[C@@H]1CCC[C@H]1C/C=C\CCn1c(cc3ccccc3c1=O)O2)C(=O)NS(=O)(=O)C1CC1. The Hall–Kier alpha value is -4.66. The maximum absolute atomic E-state index is 14.8. The summed E-state index contributed by atoms with van der Waals surface area (Å²) >= 11 is 0. The van der Waals surface area contributed by atoms with Crippen molar-refractivity contribution in [2.45, 2.75) is 125 Å². The van der Waals surface area contributed by atoms with E-state index in [1.807, 2.05) is 24.3 Å². The molecule has 4 aliphatic carbocycles. The molecule has 56 heavy (non-hydrogen) atoms. The van der Waals surface area contributed by atoms with Crippen molar-refractivity contribution in [2.24, 2.45) is 17.8 Å². The first-order chi connectivity index (χ1) is 27.0. The van der Waals surface area contributed by atoms with Gasteiger partial charge in [-0.2, -0.15) is 0 Å². The molecule has 3 heterocycles. The fourth-order valence-electron chi connectivity index (χ4n) is 9.32. The van der Waals surface area contributed by atoms with Crippen molar-refractivity contribution >= 4 is 44.6 Å². The monoisotopic (exact) mass is 789 g/mol. The molecule has 2 aliphatic heterocycles. The molecule has 1 saturated heterocycles. The minimum absolute atomic E-state index is 0.0148. The maximum Gasteiger partial charge on any atom is 0.408 e. The van der Waals surface area contributed by atoms with Gasteiger partial charge in [0.1, 0.15) is 29.8 Å². The molecule has 4 saturated carbocycles. The summed E-state index contributed by atoms with van der Waals surface area (Å²) in [6.07, 6.45) is 12.0. The second-order valence-corrected chi connectivity index (χ2v) is 18.4. The van der Waals surface area contributed by atoms with Gasteiger partial charge in [-0.1, -0.05) is 49.3 Å². The summed E-state index contributed by atoms with van der Waals surface area (Å²) in [5.74, 6) is -2.23. The Morgan fingerprint density at radius 2 is 1.73 bits per heavy atom. The molecule has 3 N–H and O–H groups in total. The maximum atomic E-state index is 14.8. The number of carbonyl (C=O) groups is 4. The highest BCUT2D eigenvalue weighted by Gasteiger charge is 2.62. The van der Waals surface area contributed by atoms with Crippen LogP contribution in [0.3, 0.4) is 0 Å². The van der Waals surface area contributed by atoms with Gasteiger partial charge >= 0.3 is 6.09 Å². The van der Waals surface area contributed by atoms with Crippen molar-refractivity contribution in [3.8, 4) is 5.88 Å². The van der Waals surface area contributed by atoms with E-state index in [1.54, 1.807) is 16.7 Å². The van der Waals surface area contributed by atoms with E-state index >= 15 is 0 Å². The third-order valence-electron chi connectivity index (χ3n) is 12.7. The number of carbonyl (C=O) groups excluding carboxylic acids is 4. The summed E-state index contributed by atoms with van der Waals surface area (Å²) in [6, 6.07) is 6.95. The molecule has 2 aromatic rings. The number of ether oxygens (including phenoxy) is 2. The summed E-state index contributed by atoms with van der Waals surface area (Å²) in [6.45, 7) is 4.09. The first-order valence-electron chi connectivity index (χ1n) is 20.2. The quantitative estimate of drug-likeness (QED) is 0.352. The molecule has 0 radical (unpaired) electrons. The largest absolute Gasteiger partial charge is 0.473 e. The number of hydrogen-bond donors (Lipinski definition) is 3. The Kier molecular flexibility index (Phi) is 10.5. The Balaban J connectivity index is 1.14. The van der Waals surface area contributed by atoms with E-state index in [1.165, 1.54) is 11.0 Å². The Labute approximate surface area is 326 Å². The molecule has 1 aromatic heterocycles. The molecule has 14 nitrogen and oxygen atoms in total. The average Bonchev–Trinajstić information content (AvgIpc) is 3.96. The van der Waals surface area contributed by atoms with E-state index in [9.17, 15) is 32.4 Å². The second kappa shape index (κ2) is 15.4. The fourth-order valence-corrected chi connectivity index (χ4v) is 10.7. The molecule has 0 spiro atoms. The van der Waals surface area contributed by atoms with Crippen LogP contribution < -0.4 is 25.7 Å². The molecule has 8 rings (SSSR count). The van der Waals surface area contributed by atoms with Crippen LogP contribution in [0.2, 0.25) is 0 Å². The number of alkyl carbamates (subject to hydrolysis) is 1. The predicted octanol–water partition coefficient (Wildman–Crippen LogP) is 3.82. The van der Waals surface area contributed by atoms with Crippen molar-refractivity contribution in [1.29, 1.82) is 0 Å². The third kappa shape index (κ3) is 7.58. The van der Waals surface area contributed by atoms with Gasteiger partial charge in [0.05, 0.1) is 11.8 Å². The lowest BCUT2D eigenvalue weighted by atomic mass is 9.96. The number of nitrogens with one attached hydrogen (secondary N) is 3. The molecule has 1 aromatic carbocycles. The standard InChI is InChI=1S/C41H51N5O9S/c1-2-28-23-41(28,39(50)44-56(52,53)30-18-19-30)43-36(47)32-22-29-24-46(32)38(49)35(26-12-5-6-13-26)42-40(51)55-33-17-10-15-25(33)11-4-3-9-20-45-34(54-29)21-27-14-7-8-16-31(27)37(45)48/h2-4,7-8,14,16,21,25-26,28-30,32-33,35H,1,5-6,9-13,15,17-20,22-24H2,(H,42,51)(H,43,47)(H,44,50)/b4-3-/t25-,28-,29-,32+,33-,35+,41-/m1/s1. The summed E-state index contributed by atoms with van der Waals surface area (Å²) < 4.78 is 41.9. The zero-order chi connectivity index (χ0) is 39.2. The smallest absolute Gasteiger partial charge is 0.408 e. The van der Waals surface area contributed by atoms with E-state index in [0.29, 0.717) is 61.7 Å². The molecule has 2 bridgehead atoms. The number of allylic oxidation sites excluding steroid dienone is 2. The van der Waals surface area contributed by atoms with Gasteiger partial charge in [0.25, 0.3) is 11.5 Å². The van der Waals surface area contributed by atoms with Crippen LogP contribution >= 0.6 is 0 Å². The summed E-state index contributed by atoms with van der Waals surface area (Å²) in [5, 5.41) is 6.34. The number of benzene rings is 1. The molecular formula is C41H51N5O9S. The number of hydrogen-bond acceptors (Lipinski definition) is 9. The first kappa shape index (κ1) is 38.2. The number of nitrogens with zero attached hydrogens (tertiary/aromatic N) is 2. The van der Waals surface area contributed by atoms with Crippen LogP contribution in [0, 0.1) is 17.8 Å². The van der Waals surface area contributed by atoms with Crippen LogP contribution in [0.15, 0.2) is 59.9 Å². The zero-order valence-electron chi connectivity index (χ0n) is 31.5. The van der Waals surface area contributed by atoms with Crippen LogP contribution in [-0.2, 0) is 35.7 Å². The number of fused-ring (bicyclic) bond motifs is 5. The van der Waals surface area contributed by atoms with Gasteiger partial charge in [0, 0.05) is 30.3 Å². The van der Waals surface area contributed by atoms with Crippen molar-refractivity contribution < 1.29 is 37.1 Å². The lowest BCUT2D eigenvalue weighted by Crippen LogP contribution is -2.59. The molecule has 6 aliphatic rings. The Bertz CT molecular complexity index is 2110. The van der Waals surface area contributed by atoms with Crippen molar-refractivity contribution in [3.63, 3.8) is 0 Å². The van der Waals surface area contributed by atoms with Gasteiger partial charge < -0.3 is 25.0 Å². The van der Waals surface area contributed by atoms with Crippen molar-refractivity contribution in [2.75, 3.05) is 6.54 Å². The van der Waals surface area contributed by atoms with Crippen LogP contribution in [0.4, 0.5) is 4.79 Å². The zero-order valence-corrected chi connectivity index (χ0v) is 32.3. The number of sulfonamides is 1. The molecule has 7 atom stereocenters. The molecule has 300 valence electrons. The van der Waals surface area contributed by atoms with Crippen LogP contribution in [0.1, 0.15) is 83.5 Å². The molecule has 4 amide bonds. The van der Waals surface area contributed by atoms with Gasteiger partial charge in [0.15, 0.2) is 5.88 Å². The van der Waals surface area contributed by atoms with E-state index < -0.39 is 68.7 Å². The number of pyridine rings is 1. The lowest BCUT2D eigenvalue weighted by Gasteiger charge is -2.32. The highest BCUT2D eigenvalue weighted by atomic mass is 32.2. The van der Waals surface area contributed by atoms with E-state index in [-0.39, 0.29) is 42.9 Å². The van der Waals surface area contributed by atoms with Crippen molar-refractivity contribution in [3.05, 3.63) is 65.5 Å². The van der Waals surface area contributed by atoms with E-state index in [0.717, 1.165) is 32.1 Å². The van der Waals surface area contributed by atoms with Gasteiger partial charge in [0.2, 0.25) is 21.8 Å². The normalized spacial score (nSPS) is 31.8. The van der Waals surface area contributed by atoms with Gasteiger partial charge in [-0.05, 0) is 87.5 Å². The Morgan fingerprint density at radius 3 is 2.48 bits per heavy atom. The number of aromatic nitrogens is 1. The minimum Gasteiger partial charge on any atom is -0.473 e. The third-order valence-corrected chi connectivity index (χ3v) is 14.6. The van der Waals surface area contributed by atoms with Gasteiger partial charge in [-0.3, -0.25) is 28.5 Å². The topological polar surface area (TPSA) is 182 Å². The van der Waals surface area contributed by atoms with Crippen LogP contribution in [-0.4, -0.2) is 83.3 Å². The minimum atomic E-state index is -3.91. The van der Waals surface area contributed by atoms with Crippen molar-refractivity contribution in [1.82, 2.24) is 24.8 Å².